The summed E-state index contributed by atoms with van der Waals surface area (Å²) < 4.78 is 11.7. The number of morpholine rings is 1. The van der Waals surface area contributed by atoms with E-state index >= 15 is 0 Å². The van der Waals surface area contributed by atoms with Crippen molar-refractivity contribution in [2.45, 2.75) is 32.4 Å². The third-order valence-electron chi connectivity index (χ3n) is 5.38. The number of nitrogens with one attached hydrogen (secondary N) is 1. The molecule has 0 aromatic carbocycles. The number of ether oxygens (including phenoxy) is 2. The number of pyridine rings is 1. The number of piperidine rings is 1. The van der Waals surface area contributed by atoms with Crippen LogP contribution in [0.4, 0.5) is 10.9 Å². The number of carbonyl (C=O) groups excluding carboxylic acids is 1. The number of amides is 1. The standard InChI is InChI=1S/C22H29N5O3S/c1-3-21(28)27-6-4-5-18(15-27)30-20-12-17(14-26-7-9-29-10-8-26)11-19(24-20)25-22-23-13-16(2)31-22/h3,11-13,18H,1,4-10,14-15H2,2H3,(H,23,24,25). The van der Waals surface area contributed by atoms with Crippen molar-refractivity contribution in [1.82, 2.24) is 19.8 Å². The van der Waals surface area contributed by atoms with E-state index < -0.39 is 0 Å². The van der Waals surface area contributed by atoms with Crippen LogP contribution >= 0.6 is 11.3 Å². The van der Waals surface area contributed by atoms with Crippen LogP contribution < -0.4 is 10.1 Å². The lowest BCUT2D eigenvalue weighted by molar-refractivity contribution is -0.128. The molecule has 1 unspecified atom stereocenters. The highest BCUT2D eigenvalue weighted by molar-refractivity contribution is 7.15. The van der Waals surface area contributed by atoms with Gasteiger partial charge in [-0.05, 0) is 37.5 Å². The van der Waals surface area contributed by atoms with Crippen LogP contribution in [0.2, 0.25) is 0 Å². The SMILES string of the molecule is C=CC(=O)N1CCCC(Oc2cc(CN3CCOCC3)cc(Nc3ncc(C)s3)n2)C1. The molecule has 4 heterocycles. The lowest BCUT2D eigenvalue weighted by Gasteiger charge is -2.32. The number of hydrogen-bond donors (Lipinski definition) is 1. The molecule has 0 saturated carbocycles. The van der Waals surface area contributed by atoms with E-state index in [-0.39, 0.29) is 12.0 Å². The van der Waals surface area contributed by atoms with E-state index in [1.165, 1.54) is 6.08 Å². The van der Waals surface area contributed by atoms with Crippen molar-refractivity contribution in [3.63, 3.8) is 0 Å². The van der Waals surface area contributed by atoms with E-state index in [2.05, 4.69) is 26.8 Å². The molecule has 2 fully saturated rings. The minimum Gasteiger partial charge on any atom is -0.472 e. The zero-order valence-corrected chi connectivity index (χ0v) is 18.7. The average Bonchev–Trinajstić information content (AvgIpc) is 3.18. The molecule has 2 aliphatic rings. The van der Waals surface area contributed by atoms with Gasteiger partial charge < -0.3 is 19.7 Å². The highest BCUT2D eigenvalue weighted by Gasteiger charge is 2.24. The Morgan fingerprint density at radius 2 is 2.23 bits per heavy atom. The van der Waals surface area contributed by atoms with Gasteiger partial charge in [0.2, 0.25) is 11.8 Å². The van der Waals surface area contributed by atoms with Gasteiger partial charge in [0.25, 0.3) is 0 Å². The Bertz CT molecular complexity index is 912. The Kier molecular flexibility index (Phi) is 7.16. The van der Waals surface area contributed by atoms with Crippen LogP contribution in [0, 0.1) is 6.92 Å². The number of aryl methyl sites for hydroxylation is 1. The van der Waals surface area contributed by atoms with Crippen LogP contribution in [-0.4, -0.2) is 71.2 Å². The monoisotopic (exact) mass is 443 g/mol. The number of anilines is 2. The number of aromatic nitrogens is 2. The second-order valence-electron chi connectivity index (χ2n) is 7.86. The summed E-state index contributed by atoms with van der Waals surface area (Å²) in [5, 5.41) is 4.12. The fraction of sp³-hybridized carbons (Fsp3) is 0.500. The second-order valence-corrected chi connectivity index (χ2v) is 9.09. The van der Waals surface area contributed by atoms with Gasteiger partial charge in [-0.3, -0.25) is 9.69 Å². The summed E-state index contributed by atoms with van der Waals surface area (Å²) >= 11 is 1.59. The summed E-state index contributed by atoms with van der Waals surface area (Å²) in [6.45, 7) is 11.1. The molecule has 2 aliphatic heterocycles. The van der Waals surface area contributed by atoms with Gasteiger partial charge in [0.05, 0.1) is 19.8 Å². The highest BCUT2D eigenvalue weighted by atomic mass is 32.1. The molecule has 2 saturated heterocycles. The molecule has 0 aliphatic carbocycles. The van der Waals surface area contributed by atoms with Crippen molar-refractivity contribution >= 4 is 28.2 Å². The van der Waals surface area contributed by atoms with E-state index in [0.717, 1.165) is 67.8 Å². The van der Waals surface area contributed by atoms with Crippen LogP contribution in [0.15, 0.2) is 31.0 Å². The molecule has 31 heavy (non-hydrogen) atoms. The lowest BCUT2D eigenvalue weighted by atomic mass is 10.1. The molecule has 9 heteroatoms. The van der Waals surface area contributed by atoms with E-state index in [4.69, 9.17) is 9.47 Å². The molecule has 8 nitrogen and oxygen atoms in total. The van der Waals surface area contributed by atoms with Crippen molar-refractivity contribution in [2.24, 2.45) is 0 Å². The maximum absolute atomic E-state index is 12.0. The van der Waals surface area contributed by atoms with E-state index in [1.54, 1.807) is 16.2 Å². The average molecular weight is 444 g/mol. The molecule has 0 spiro atoms. The lowest BCUT2D eigenvalue weighted by Crippen LogP contribution is -2.43. The first-order valence-corrected chi connectivity index (χ1v) is 11.5. The van der Waals surface area contributed by atoms with Crippen LogP contribution in [-0.2, 0) is 16.1 Å². The van der Waals surface area contributed by atoms with E-state index in [9.17, 15) is 4.79 Å². The third kappa shape index (κ3) is 6.03. The van der Waals surface area contributed by atoms with Gasteiger partial charge in [-0.25, -0.2) is 4.98 Å². The minimum atomic E-state index is -0.0845. The first kappa shape index (κ1) is 21.7. The fourth-order valence-corrected chi connectivity index (χ4v) is 4.52. The Hall–Kier alpha value is -2.49. The quantitative estimate of drug-likeness (QED) is 0.659. The molecule has 0 bridgehead atoms. The van der Waals surface area contributed by atoms with Crippen molar-refractivity contribution < 1.29 is 14.3 Å². The maximum atomic E-state index is 12.0. The predicted molar refractivity (Wildman–Crippen MR) is 121 cm³/mol. The molecular formula is C22H29N5O3S. The van der Waals surface area contributed by atoms with Gasteiger partial charge in [0.1, 0.15) is 11.9 Å². The Morgan fingerprint density at radius 3 is 2.97 bits per heavy atom. The zero-order valence-electron chi connectivity index (χ0n) is 17.9. The first-order chi connectivity index (χ1) is 15.1. The van der Waals surface area contributed by atoms with Gasteiger partial charge >= 0.3 is 0 Å². The summed E-state index contributed by atoms with van der Waals surface area (Å²) in [6.07, 6.45) is 4.92. The number of rotatable bonds is 7. The summed E-state index contributed by atoms with van der Waals surface area (Å²) in [5.74, 6) is 1.23. The molecule has 1 amide bonds. The van der Waals surface area contributed by atoms with Gasteiger partial charge in [-0.2, -0.15) is 4.98 Å². The van der Waals surface area contributed by atoms with Crippen molar-refractivity contribution in [1.29, 1.82) is 0 Å². The molecular weight excluding hydrogens is 414 g/mol. The van der Waals surface area contributed by atoms with Crippen LogP contribution in [0.25, 0.3) is 0 Å². The van der Waals surface area contributed by atoms with Crippen molar-refractivity contribution in [3.05, 3.63) is 41.4 Å². The molecule has 1 atom stereocenters. The first-order valence-electron chi connectivity index (χ1n) is 10.7. The normalized spacial score (nSPS) is 19.8. The highest BCUT2D eigenvalue weighted by Crippen LogP contribution is 2.26. The second kappa shape index (κ2) is 10.2. The molecule has 2 aromatic rings. The maximum Gasteiger partial charge on any atom is 0.246 e. The number of likely N-dealkylation sites (tertiary alicyclic amines) is 1. The summed E-state index contributed by atoms with van der Waals surface area (Å²) in [5.41, 5.74) is 1.12. The number of carbonyl (C=O) groups is 1. The predicted octanol–water partition coefficient (Wildman–Crippen LogP) is 2.98. The van der Waals surface area contributed by atoms with Crippen LogP contribution in [0.3, 0.4) is 0 Å². The summed E-state index contributed by atoms with van der Waals surface area (Å²) in [6, 6.07) is 4.05. The van der Waals surface area contributed by atoms with Crippen molar-refractivity contribution in [3.8, 4) is 5.88 Å². The Morgan fingerprint density at radius 1 is 1.39 bits per heavy atom. The molecule has 0 radical (unpaired) electrons. The van der Waals surface area contributed by atoms with Gasteiger partial charge in [0, 0.05) is 43.3 Å². The topological polar surface area (TPSA) is 79.8 Å². The van der Waals surface area contributed by atoms with Gasteiger partial charge in [0.15, 0.2) is 5.13 Å². The largest absolute Gasteiger partial charge is 0.472 e. The zero-order chi connectivity index (χ0) is 21.6. The van der Waals surface area contributed by atoms with Crippen LogP contribution in [0.5, 0.6) is 5.88 Å². The molecule has 166 valence electrons. The third-order valence-corrected chi connectivity index (χ3v) is 6.21. The fourth-order valence-electron chi connectivity index (χ4n) is 3.85. The van der Waals surface area contributed by atoms with Crippen molar-refractivity contribution in [2.75, 3.05) is 44.7 Å². The van der Waals surface area contributed by atoms with Gasteiger partial charge in [-0.1, -0.05) is 6.58 Å². The van der Waals surface area contributed by atoms with Crippen LogP contribution in [0.1, 0.15) is 23.3 Å². The van der Waals surface area contributed by atoms with E-state index in [0.29, 0.717) is 18.2 Å². The van der Waals surface area contributed by atoms with Gasteiger partial charge in [-0.15, -0.1) is 11.3 Å². The number of hydrogen-bond acceptors (Lipinski definition) is 8. The smallest absolute Gasteiger partial charge is 0.246 e. The van der Waals surface area contributed by atoms with E-state index in [1.807, 2.05) is 25.3 Å². The molecule has 1 N–H and O–H groups in total. The molecule has 4 rings (SSSR count). The minimum absolute atomic E-state index is 0.0520. The number of nitrogens with zero attached hydrogens (tertiary/aromatic N) is 4. The Balaban J connectivity index is 1.51. The Labute approximate surface area is 186 Å². The summed E-state index contributed by atoms with van der Waals surface area (Å²) in [4.78, 5) is 26.4. The molecule has 2 aromatic heterocycles. The number of thiazole rings is 1. The summed E-state index contributed by atoms with van der Waals surface area (Å²) in [7, 11) is 0.